The summed E-state index contributed by atoms with van der Waals surface area (Å²) in [5.74, 6) is 2.33. The Kier molecular flexibility index (Phi) is 6.75. The fourth-order valence-electron chi connectivity index (χ4n) is 6.46. The van der Waals surface area contributed by atoms with Gasteiger partial charge in [0.05, 0.1) is 35.4 Å². The van der Waals surface area contributed by atoms with E-state index in [2.05, 4.69) is 21.8 Å². The molecule has 5 heterocycles. The van der Waals surface area contributed by atoms with Gasteiger partial charge in [0.2, 0.25) is 0 Å². The molecule has 1 aliphatic carbocycles. The molecule has 2 atom stereocenters. The van der Waals surface area contributed by atoms with E-state index in [1.54, 1.807) is 0 Å². The lowest BCUT2D eigenvalue weighted by Gasteiger charge is -2.51. The Hall–Kier alpha value is -2.83. The van der Waals surface area contributed by atoms with E-state index in [0.29, 0.717) is 37.8 Å². The van der Waals surface area contributed by atoms with Gasteiger partial charge in [-0.15, -0.1) is 0 Å². The molecule has 4 aliphatic rings. The van der Waals surface area contributed by atoms with Crippen LogP contribution in [0.1, 0.15) is 50.4 Å². The molecule has 2 spiro atoms. The van der Waals surface area contributed by atoms with Crippen LogP contribution in [-0.4, -0.2) is 77.2 Å². The molecule has 0 bridgehead atoms. The Morgan fingerprint density at radius 2 is 2.00 bits per heavy atom. The molecule has 0 unspecified atom stereocenters. The van der Waals surface area contributed by atoms with E-state index >= 15 is 0 Å². The number of hydrogen-bond acceptors (Lipinski definition) is 11. The van der Waals surface area contributed by atoms with Crippen molar-refractivity contribution in [3.63, 3.8) is 0 Å². The van der Waals surface area contributed by atoms with Gasteiger partial charge in [-0.25, -0.2) is 19.7 Å². The van der Waals surface area contributed by atoms with Crippen LogP contribution < -0.4 is 20.3 Å². The van der Waals surface area contributed by atoms with Crippen molar-refractivity contribution in [1.29, 1.82) is 0 Å². The summed E-state index contributed by atoms with van der Waals surface area (Å²) >= 11 is 1.49. The number of aromatic nitrogens is 3. The molecule has 3 N–H and O–H groups in total. The lowest BCUT2D eigenvalue weighted by Crippen LogP contribution is -2.58. The minimum Gasteiger partial charge on any atom is -0.486 e. The molecule has 12 heteroatoms. The molecular formula is C27H36N6O5S. The van der Waals surface area contributed by atoms with Gasteiger partial charge >= 0.3 is 6.09 Å². The van der Waals surface area contributed by atoms with Crippen molar-refractivity contribution in [3.05, 3.63) is 23.7 Å². The summed E-state index contributed by atoms with van der Waals surface area (Å²) in [6.07, 6.45) is 5.45. The van der Waals surface area contributed by atoms with Gasteiger partial charge in [-0.2, -0.15) is 0 Å². The van der Waals surface area contributed by atoms with E-state index in [1.807, 2.05) is 26.1 Å². The summed E-state index contributed by atoms with van der Waals surface area (Å²) in [6.45, 7) is 6.19. The highest BCUT2D eigenvalue weighted by Crippen LogP contribution is 2.49. The number of amides is 1. The zero-order valence-corrected chi connectivity index (χ0v) is 23.5. The van der Waals surface area contributed by atoms with Crippen LogP contribution >= 0.6 is 11.8 Å². The smallest absolute Gasteiger partial charge is 0.404 e. The van der Waals surface area contributed by atoms with E-state index in [0.717, 1.165) is 52.9 Å². The molecular weight excluding hydrogens is 520 g/mol. The number of pyridine rings is 1. The van der Waals surface area contributed by atoms with Crippen LogP contribution in [0, 0.1) is 12.3 Å². The zero-order chi connectivity index (χ0) is 27.4. The number of nitrogens with zero attached hydrogens (tertiary/aromatic N) is 5. The normalized spacial score (nSPS) is 24.8. The number of fused-ring (bicyclic) bond motifs is 1. The predicted octanol–water partition coefficient (Wildman–Crippen LogP) is 3.04. The minimum atomic E-state index is -0.772. The quantitative estimate of drug-likeness (QED) is 0.562. The topological polar surface area (TPSA) is 136 Å². The van der Waals surface area contributed by atoms with Gasteiger partial charge in [0.15, 0.2) is 17.4 Å². The largest absolute Gasteiger partial charge is 0.486 e. The van der Waals surface area contributed by atoms with Crippen molar-refractivity contribution >= 4 is 29.5 Å². The molecule has 11 nitrogen and oxygen atoms in total. The summed E-state index contributed by atoms with van der Waals surface area (Å²) in [5, 5.41) is 11.0. The van der Waals surface area contributed by atoms with Gasteiger partial charge in [0.25, 0.3) is 0 Å². The van der Waals surface area contributed by atoms with Gasteiger partial charge in [-0.1, -0.05) is 11.8 Å². The molecule has 2 saturated heterocycles. The molecule has 1 saturated carbocycles. The molecule has 210 valence electrons. The molecule has 3 fully saturated rings. The number of aryl methyl sites for hydroxylation is 1. The first-order valence-corrected chi connectivity index (χ1v) is 14.4. The number of rotatable bonds is 5. The summed E-state index contributed by atoms with van der Waals surface area (Å²) in [6, 6.07) is 1.95. The summed E-state index contributed by atoms with van der Waals surface area (Å²) < 4.78 is 17.6. The Bertz CT molecular complexity index is 1270. The number of aliphatic hydroxyl groups excluding tert-OH is 1. The first-order valence-electron chi connectivity index (χ1n) is 13.6. The maximum atomic E-state index is 11.5. The van der Waals surface area contributed by atoms with Crippen LogP contribution in [-0.2, 0) is 16.1 Å². The fourth-order valence-corrected chi connectivity index (χ4v) is 7.39. The molecule has 1 amide bonds. The number of likely N-dealkylation sites (N-methyl/N-ethyl adjacent to an activating group) is 1. The third-order valence-electron chi connectivity index (χ3n) is 9.05. The Morgan fingerprint density at radius 3 is 2.67 bits per heavy atom. The van der Waals surface area contributed by atoms with E-state index < -0.39 is 6.09 Å². The number of carbonyl (C=O) groups excluding carboxylic acids is 1. The van der Waals surface area contributed by atoms with Crippen molar-refractivity contribution < 1.29 is 24.1 Å². The first kappa shape index (κ1) is 26.4. The monoisotopic (exact) mass is 556 g/mol. The van der Waals surface area contributed by atoms with E-state index in [4.69, 9.17) is 29.9 Å². The van der Waals surface area contributed by atoms with Crippen LogP contribution in [0.2, 0.25) is 0 Å². The van der Waals surface area contributed by atoms with E-state index in [1.165, 1.54) is 18.2 Å². The number of anilines is 2. The second-order valence-electron chi connectivity index (χ2n) is 11.3. The maximum Gasteiger partial charge on any atom is 0.404 e. The number of carbonyl (C=O) groups is 1. The number of hydrogen-bond donors (Lipinski definition) is 2. The predicted molar refractivity (Wildman–Crippen MR) is 145 cm³/mol. The molecule has 0 aromatic carbocycles. The minimum absolute atomic E-state index is 0.0619. The highest BCUT2D eigenvalue weighted by Gasteiger charge is 2.52. The molecule has 2 aromatic heterocycles. The van der Waals surface area contributed by atoms with Gasteiger partial charge < -0.3 is 34.9 Å². The number of ether oxygens (including phenoxy) is 3. The molecule has 2 aromatic rings. The lowest BCUT2D eigenvalue weighted by molar-refractivity contribution is 0.00810. The lowest BCUT2D eigenvalue weighted by atomic mass is 9.74. The van der Waals surface area contributed by atoms with Crippen LogP contribution in [0.5, 0.6) is 5.75 Å². The second kappa shape index (κ2) is 9.97. The standard InChI is InChI=1S/C27H36N6O5S/c1-16-24(39-19-5-10-29-23-20(19)37-15-27(32(23)3)6-4-7-27)31-18(13-34)22(30-16)33-11-8-26(9-12-33)14-36-17(2)21(26)38-25(28)35/h5,10,17,21,34H,4,6-9,11-15H2,1-3H3,(H2,28,35)/t17-,21+/m0/s1. The molecule has 6 rings (SSSR count). The van der Waals surface area contributed by atoms with Crippen LogP contribution in [0.15, 0.2) is 22.2 Å². The summed E-state index contributed by atoms with van der Waals surface area (Å²) in [4.78, 5) is 31.3. The zero-order valence-electron chi connectivity index (χ0n) is 22.7. The van der Waals surface area contributed by atoms with Crippen molar-refractivity contribution in [2.75, 3.05) is 43.2 Å². The highest BCUT2D eigenvalue weighted by molar-refractivity contribution is 7.99. The summed E-state index contributed by atoms with van der Waals surface area (Å²) in [5.41, 5.74) is 6.45. The van der Waals surface area contributed by atoms with Gasteiger partial charge in [-0.3, -0.25) is 0 Å². The second-order valence-corrected chi connectivity index (χ2v) is 12.3. The Labute approximate surface area is 232 Å². The third kappa shape index (κ3) is 4.46. The molecule has 39 heavy (non-hydrogen) atoms. The first-order chi connectivity index (χ1) is 18.7. The van der Waals surface area contributed by atoms with Crippen LogP contribution in [0.3, 0.4) is 0 Å². The number of aliphatic hydroxyl groups is 1. The van der Waals surface area contributed by atoms with Gasteiger partial charge in [0, 0.05) is 31.7 Å². The van der Waals surface area contributed by atoms with Crippen molar-refractivity contribution in [2.24, 2.45) is 11.1 Å². The number of piperidine rings is 1. The average molecular weight is 557 g/mol. The Morgan fingerprint density at radius 1 is 1.23 bits per heavy atom. The van der Waals surface area contributed by atoms with Crippen molar-refractivity contribution in [1.82, 2.24) is 15.0 Å². The highest BCUT2D eigenvalue weighted by atomic mass is 32.2. The third-order valence-corrected chi connectivity index (χ3v) is 10.2. The Balaban J connectivity index is 1.21. The van der Waals surface area contributed by atoms with E-state index in [9.17, 15) is 9.90 Å². The van der Waals surface area contributed by atoms with Crippen molar-refractivity contribution in [2.45, 2.75) is 80.2 Å². The number of nitrogens with two attached hydrogens (primary N) is 1. The SMILES string of the molecule is Cc1nc(N2CCC3(CC2)CO[C@@H](C)[C@H]3OC(N)=O)c(CO)nc1Sc1ccnc2c1OCC1(CCC1)N2C. The van der Waals surface area contributed by atoms with Crippen molar-refractivity contribution in [3.8, 4) is 5.75 Å². The number of primary amides is 1. The average Bonchev–Trinajstić information content (AvgIpc) is 3.19. The fraction of sp³-hybridized carbons (Fsp3) is 0.630. The summed E-state index contributed by atoms with van der Waals surface area (Å²) in [7, 11) is 2.11. The van der Waals surface area contributed by atoms with Gasteiger partial charge in [-0.05, 0) is 52.0 Å². The van der Waals surface area contributed by atoms with Crippen LogP contribution in [0.4, 0.5) is 16.4 Å². The van der Waals surface area contributed by atoms with Gasteiger partial charge in [0.1, 0.15) is 23.4 Å². The molecule has 0 radical (unpaired) electrons. The molecule has 3 aliphatic heterocycles. The van der Waals surface area contributed by atoms with Crippen LogP contribution in [0.25, 0.3) is 0 Å². The maximum absolute atomic E-state index is 11.5. The van der Waals surface area contributed by atoms with E-state index in [-0.39, 0.29) is 29.8 Å².